The van der Waals surface area contributed by atoms with E-state index in [2.05, 4.69) is 0 Å². The Kier molecular flexibility index (Phi) is 11.0. The summed E-state index contributed by atoms with van der Waals surface area (Å²) in [7, 11) is 0. The van der Waals surface area contributed by atoms with Crippen LogP contribution in [-0.2, 0) is 34.9 Å². The van der Waals surface area contributed by atoms with E-state index in [-0.39, 0.29) is 6.61 Å². The SMILES string of the molecule is CC1OC(=O)C(N(C(=O)OC(C)(C)C)C(=O)OC(C)(C)C)COCC(Cc2ccccc2)C1OCC(F)F. The van der Waals surface area contributed by atoms with Gasteiger partial charge in [-0.2, -0.15) is 4.90 Å². The van der Waals surface area contributed by atoms with Crippen LogP contribution in [0.2, 0.25) is 0 Å². The number of imide groups is 1. The maximum Gasteiger partial charge on any atom is 0.420 e. The van der Waals surface area contributed by atoms with Gasteiger partial charge in [0, 0.05) is 5.92 Å². The second-order valence-corrected chi connectivity index (χ2v) is 11.2. The van der Waals surface area contributed by atoms with Crippen LogP contribution < -0.4 is 0 Å². The van der Waals surface area contributed by atoms with Gasteiger partial charge in [0.25, 0.3) is 6.43 Å². The zero-order valence-electron chi connectivity index (χ0n) is 23.1. The van der Waals surface area contributed by atoms with Crippen LogP contribution in [0.3, 0.4) is 0 Å². The van der Waals surface area contributed by atoms with Crippen molar-refractivity contribution >= 4 is 18.2 Å². The highest BCUT2D eigenvalue weighted by Crippen LogP contribution is 2.25. The van der Waals surface area contributed by atoms with Crippen molar-refractivity contribution < 1.29 is 46.8 Å². The average Bonchev–Trinajstić information content (AvgIpc) is 2.80. The summed E-state index contributed by atoms with van der Waals surface area (Å²) >= 11 is 0. The molecule has 0 spiro atoms. The Morgan fingerprint density at radius 2 is 1.55 bits per heavy atom. The van der Waals surface area contributed by atoms with E-state index in [4.69, 9.17) is 23.7 Å². The molecular weight excluding hydrogens is 504 g/mol. The van der Waals surface area contributed by atoms with Gasteiger partial charge in [-0.25, -0.2) is 23.2 Å². The van der Waals surface area contributed by atoms with Crippen LogP contribution in [0, 0.1) is 5.92 Å². The van der Waals surface area contributed by atoms with Gasteiger partial charge in [-0.05, 0) is 60.5 Å². The molecule has 0 bridgehead atoms. The molecule has 4 atom stereocenters. The molecule has 214 valence electrons. The van der Waals surface area contributed by atoms with Gasteiger partial charge in [0.2, 0.25) is 0 Å². The van der Waals surface area contributed by atoms with Crippen molar-refractivity contribution in [2.75, 3.05) is 19.8 Å². The molecule has 0 aliphatic carbocycles. The first kappa shape index (κ1) is 31.4. The van der Waals surface area contributed by atoms with Crippen LogP contribution in [0.25, 0.3) is 0 Å². The lowest BCUT2D eigenvalue weighted by Crippen LogP contribution is -2.54. The van der Waals surface area contributed by atoms with E-state index in [1.165, 1.54) is 6.92 Å². The molecule has 38 heavy (non-hydrogen) atoms. The van der Waals surface area contributed by atoms with Gasteiger partial charge in [0.15, 0.2) is 6.04 Å². The molecule has 9 nitrogen and oxygen atoms in total. The molecule has 2 amide bonds. The standard InChI is InChI=1S/C27H39F2NO8/c1-17-22(35-16-21(28)29)19(13-18-11-9-8-10-12-18)14-34-15-20(23(31)36-17)30(24(32)37-26(2,3)4)25(33)38-27(5,6)7/h8-12,17,19-22H,13-16H2,1-7H3. The van der Waals surface area contributed by atoms with Crippen LogP contribution >= 0.6 is 0 Å². The Bertz CT molecular complexity index is 901. The monoisotopic (exact) mass is 543 g/mol. The van der Waals surface area contributed by atoms with Crippen LogP contribution in [-0.4, -0.2) is 78.8 Å². The molecule has 1 saturated heterocycles. The van der Waals surface area contributed by atoms with E-state index in [1.807, 2.05) is 30.3 Å². The topological polar surface area (TPSA) is 101 Å². The van der Waals surface area contributed by atoms with Crippen molar-refractivity contribution in [1.82, 2.24) is 4.90 Å². The predicted octanol–water partition coefficient (Wildman–Crippen LogP) is 5.00. The molecule has 1 aromatic carbocycles. The Morgan fingerprint density at radius 1 is 1.00 bits per heavy atom. The lowest BCUT2D eigenvalue weighted by molar-refractivity contribution is -0.165. The summed E-state index contributed by atoms with van der Waals surface area (Å²) in [6.45, 7) is 9.87. The minimum Gasteiger partial charge on any atom is -0.458 e. The average molecular weight is 544 g/mol. The quantitative estimate of drug-likeness (QED) is 0.365. The maximum atomic E-state index is 13.3. The van der Waals surface area contributed by atoms with Gasteiger partial charge in [0.05, 0.1) is 19.3 Å². The number of nitrogens with zero attached hydrogens (tertiary/aromatic N) is 1. The highest BCUT2D eigenvalue weighted by Gasteiger charge is 2.44. The van der Waals surface area contributed by atoms with Crippen LogP contribution in [0.15, 0.2) is 30.3 Å². The molecule has 0 aromatic heterocycles. The molecule has 2 rings (SSSR count). The van der Waals surface area contributed by atoms with Crippen LogP contribution in [0.4, 0.5) is 18.4 Å². The maximum absolute atomic E-state index is 13.3. The van der Waals surface area contributed by atoms with Gasteiger partial charge >= 0.3 is 18.2 Å². The van der Waals surface area contributed by atoms with E-state index in [1.54, 1.807) is 41.5 Å². The van der Waals surface area contributed by atoms with Crippen molar-refractivity contribution in [3.63, 3.8) is 0 Å². The molecule has 1 fully saturated rings. The third-order valence-electron chi connectivity index (χ3n) is 5.36. The van der Waals surface area contributed by atoms with Crippen molar-refractivity contribution in [3.8, 4) is 0 Å². The highest BCUT2D eigenvalue weighted by atomic mass is 19.3. The second-order valence-electron chi connectivity index (χ2n) is 11.2. The van der Waals surface area contributed by atoms with Crippen molar-refractivity contribution in [3.05, 3.63) is 35.9 Å². The van der Waals surface area contributed by atoms with E-state index < -0.39 is 73.2 Å². The Balaban J connectivity index is 2.39. The van der Waals surface area contributed by atoms with E-state index in [9.17, 15) is 23.2 Å². The van der Waals surface area contributed by atoms with Crippen molar-refractivity contribution in [1.29, 1.82) is 0 Å². The largest absolute Gasteiger partial charge is 0.458 e. The number of amides is 2. The number of cyclic esters (lactones) is 1. The molecule has 4 unspecified atom stereocenters. The Morgan fingerprint density at radius 3 is 2.05 bits per heavy atom. The summed E-state index contributed by atoms with van der Waals surface area (Å²) in [5, 5.41) is 0. The minimum absolute atomic E-state index is 0.0171. The third-order valence-corrected chi connectivity index (χ3v) is 5.36. The van der Waals surface area contributed by atoms with Crippen molar-refractivity contribution in [2.24, 2.45) is 5.92 Å². The lowest BCUT2D eigenvalue weighted by Gasteiger charge is -2.32. The molecule has 1 heterocycles. The Labute approximate surface area is 222 Å². The minimum atomic E-state index is -2.73. The second kappa shape index (κ2) is 13.3. The fourth-order valence-electron chi connectivity index (χ4n) is 3.88. The molecule has 1 aliphatic heterocycles. The number of benzene rings is 1. The summed E-state index contributed by atoms with van der Waals surface area (Å²) in [5.74, 6) is -1.46. The summed E-state index contributed by atoms with van der Waals surface area (Å²) in [5.41, 5.74) is -1.06. The number of carbonyl (C=O) groups is 3. The van der Waals surface area contributed by atoms with Gasteiger partial charge in [-0.1, -0.05) is 30.3 Å². The third kappa shape index (κ3) is 10.2. The number of esters is 1. The van der Waals surface area contributed by atoms with Gasteiger partial charge < -0.3 is 23.7 Å². The molecule has 11 heteroatoms. The lowest BCUT2D eigenvalue weighted by atomic mass is 9.91. The van der Waals surface area contributed by atoms with Gasteiger partial charge in [-0.15, -0.1) is 0 Å². The zero-order chi connectivity index (χ0) is 28.7. The first-order valence-electron chi connectivity index (χ1n) is 12.5. The highest BCUT2D eigenvalue weighted by molar-refractivity contribution is 5.94. The summed E-state index contributed by atoms with van der Waals surface area (Å²) < 4.78 is 53.8. The van der Waals surface area contributed by atoms with Gasteiger partial charge in [0.1, 0.15) is 23.9 Å². The smallest absolute Gasteiger partial charge is 0.420 e. The predicted molar refractivity (Wildman–Crippen MR) is 134 cm³/mol. The van der Waals surface area contributed by atoms with E-state index in [0.29, 0.717) is 11.3 Å². The molecule has 0 N–H and O–H groups in total. The van der Waals surface area contributed by atoms with E-state index in [0.717, 1.165) is 5.56 Å². The fourth-order valence-corrected chi connectivity index (χ4v) is 3.88. The molecule has 0 saturated carbocycles. The molecule has 1 aromatic rings. The van der Waals surface area contributed by atoms with Gasteiger partial charge in [-0.3, -0.25) is 0 Å². The van der Waals surface area contributed by atoms with Crippen LogP contribution in [0.1, 0.15) is 54.0 Å². The normalized spacial score (nSPS) is 23.1. The fraction of sp³-hybridized carbons (Fsp3) is 0.667. The Hall–Kier alpha value is -2.79. The number of carbonyl (C=O) groups excluding carboxylic acids is 3. The first-order valence-corrected chi connectivity index (χ1v) is 12.5. The zero-order valence-corrected chi connectivity index (χ0v) is 23.1. The number of rotatable bonds is 6. The number of hydrogen-bond acceptors (Lipinski definition) is 8. The summed E-state index contributed by atoms with van der Waals surface area (Å²) in [6.07, 6.45) is -6.51. The van der Waals surface area contributed by atoms with Crippen molar-refractivity contribution in [2.45, 2.75) is 90.8 Å². The number of halogens is 2. The molecular formula is C27H39F2NO8. The first-order chi connectivity index (χ1) is 17.6. The summed E-state index contributed by atoms with van der Waals surface area (Å²) in [6, 6.07) is 7.75. The number of hydrogen-bond donors (Lipinski definition) is 0. The summed E-state index contributed by atoms with van der Waals surface area (Å²) in [4.78, 5) is 40.0. The molecule has 0 radical (unpaired) electrons. The molecule has 1 aliphatic rings. The number of alkyl halides is 2. The van der Waals surface area contributed by atoms with Crippen LogP contribution in [0.5, 0.6) is 0 Å². The van der Waals surface area contributed by atoms with E-state index >= 15 is 0 Å². The number of ether oxygens (including phenoxy) is 5.